The van der Waals surface area contributed by atoms with E-state index in [1.54, 1.807) is 10.9 Å². The van der Waals surface area contributed by atoms with Gasteiger partial charge in [0.2, 0.25) is 0 Å². The van der Waals surface area contributed by atoms with E-state index in [0.29, 0.717) is 22.4 Å². The van der Waals surface area contributed by atoms with Gasteiger partial charge in [0.1, 0.15) is 5.69 Å². The Bertz CT molecular complexity index is 789. The zero-order chi connectivity index (χ0) is 15.0. The lowest BCUT2D eigenvalue weighted by Crippen LogP contribution is -2.04. The highest BCUT2D eigenvalue weighted by Gasteiger charge is 2.13. The molecular formula is C15H14ClN5. The van der Waals surface area contributed by atoms with Crippen LogP contribution >= 0.6 is 11.6 Å². The molecule has 0 radical (unpaired) electrons. The number of aryl methyl sites for hydroxylation is 2. The molecule has 0 fully saturated rings. The third-order valence-corrected chi connectivity index (χ3v) is 3.38. The summed E-state index contributed by atoms with van der Waals surface area (Å²) in [6, 6.07) is 9.36. The monoisotopic (exact) mass is 299 g/mol. The molecule has 0 bridgehead atoms. The summed E-state index contributed by atoms with van der Waals surface area (Å²) >= 11 is 6.20. The Morgan fingerprint density at radius 2 is 1.76 bits per heavy atom. The average Bonchev–Trinajstić information content (AvgIpc) is 2.80. The molecule has 0 amide bonds. The van der Waals surface area contributed by atoms with Crippen LogP contribution in [0.2, 0.25) is 5.02 Å². The van der Waals surface area contributed by atoms with Gasteiger partial charge in [-0.1, -0.05) is 29.8 Å². The molecule has 1 aromatic carbocycles. The summed E-state index contributed by atoms with van der Waals surface area (Å²) in [6.07, 6.45) is 1.70. The first-order valence-electron chi connectivity index (χ1n) is 6.47. The molecule has 6 heteroatoms. The van der Waals surface area contributed by atoms with E-state index < -0.39 is 0 Å². The van der Waals surface area contributed by atoms with Gasteiger partial charge >= 0.3 is 0 Å². The summed E-state index contributed by atoms with van der Waals surface area (Å²) in [5, 5.41) is 5.08. The van der Waals surface area contributed by atoms with E-state index >= 15 is 0 Å². The SMILES string of the molecule is Cc1cc(C)nc(-n2cc(N)c(-c3ccccc3Cl)n2)n1. The molecule has 2 heterocycles. The molecule has 5 nitrogen and oxygen atoms in total. The molecule has 0 aliphatic carbocycles. The largest absolute Gasteiger partial charge is 0.396 e. The molecule has 21 heavy (non-hydrogen) atoms. The molecule has 0 spiro atoms. The Morgan fingerprint density at radius 3 is 2.43 bits per heavy atom. The minimum atomic E-state index is 0.498. The Labute approximate surface area is 127 Å². The number of hydrogen-bond acceptors (Lipinski definition) is 4. The van der Waals surface area contributed by atoms with Gasteiger partial charge in [0, 0.05) is 17.0 Å². The van der Waals surface area contributed by atoms with Gasteiger partial charge < -0.3 is 5.73 Å². The zero-order valence-electron chi connectivity index (χ0n) is 11.7. The van der Waals surface area contributed by atoms with Crippen molar-refractivity contribution in [2.45, 2.75) is 13.8 Å². The van der Waals surface area contributed by atoms with Gasteiger partial charge in [-0.25, -0.2) is 14.6 Å². The zero-order valence-corrected chi connectivity index (χ0v) is 12.5. The van der Waals surface area contributed by atoms with Crippen molar-refractivity contribution >= 4 is 17.3 Å². The normalized spacial score (nSPS) is 10.8. The maximum Gasteiger partial charge on any atom is 0.251 e. The molecule has 0 saturated carbocycles. The predicted molar refractivity (Wildman–Crippen MR) is 83.5 cm³/mol. The summed E-state index contributed by atoms with van der Waals surface area (Å²) < 4.78 is 1.58. The Kier molecular flexibility index (Phi) is 3.35. The van der Waals surface area contributed by atoms with E-state index in [2.05, 4.69) is 15.1 Å². The average molecular weight is 300 g/mol. The summed E-state index contributed by atoms with van der Waals surface area (Å²) in [5.41, 5.74) is 9.77. The van der Waals surface area contributed by atoms with Crippen molar-refractivity contribution in [1.82, 2.24) is 19.7 Å². The quantitative estimate of drug-likeness (QED) is 0.789. The Balaban J connectivity index is 2.12. The minimum Gasteiger partial charge on any atom is -0.396 e. The molecule has 0 atom stereocenters. The van der Waals surface area contributed by atoms with Crippen LogP contribution in [-0.4, -0.2) is 19.7 Å². The molecule has 0 unspecified atom stereocenters. The number of benzene rings is 1. The van der Waals surface area contributed by atoms with Gasteiger partial charge in [0.15, 0.2) is 0 Å². The molecule has 0 aliphatic rings. The van der Waals surface area contributed by atoms with Crippen LogP contribution in [0.25, 0.3) is 17.2 Å². The van der Waals surface area contributed by atoms with Crippen molar-refractivity contribution in [2.75, 3.05) is 5.73 Å². The number of anilines is 1. The van der Waals surface area contributed by atoms with E-state index in [9.17, 15) is 0 Å². The third kappa shape index (κ3) is 2.60. The van der Waals surface area contributed by atoms with Gasteiger partial charge in [0.25, 0.3) is 5.95 Å². The summed E-state index contributed by atoms with van der Waals surface area (Å²) in [5.74, 6) is 0.498. The lowest BCUT2D eigenvalue weighted by Gasteiger charge is -2.03. The Hall–Kier alpha value is -2.40. The lowest BCUT2D eigenvalue weighted by atomic mass is 10.1. The second-order valence-electron chi connectivity index (χ2n) is 4.81. The van der Waals surface area contributed by atoms with Gasteiger partial charge in [0.05, 0.1) is 16.9 Å². The fourth-order valence-electron chi connectivity index (χ4n) is 2.16. The van der Waals surface area contributed by atoms with E-state index in [-0.39, 0.29) is 0 Å². The van der Waals surface area contributed by atoms with Crippen molar-refractivity contribution in [3.63, 3.8) is 0 Å². The minimum absolute atomic E-state index is 0.498. The predicted octanol–water partition coefficient (Wildman–Crippen LogP) is 3.18. The van der Waals surface area contributed by atoms with Gasteiger partial charge in [-0.2, -0.15) is 5.10 Å². The molecule has 2 N–H and O–H groups in total. The Morgan fingerprint density at radius 1 is 1.10 bits per heavy atom. The van der Waals surface area contributed by atoms with Crippen LogP contribution in [0.3, 0.4) is 0 Å². The summed E-state index contributed by atoms with van der Waals surface area (Å²) in [4.78, 5) is 8.75. The topological polar surface area (TPSA) is 69.6 Å². The molecule has 0 saturated heterocycles. The first-order chi connectivity index (χ1) is 10.0. The maximum absolute atomic E-state index is 6.20. The van der Waals surface area contributed by atoms with Crippen LogP contribution in [0.1, 0.15) is 11.4 Å². The molecule has 3 aromatic rings. The van der Waals surface area contributed by atoms with Gasteiger partial charge in [-0.3, -0.25) is 0 Å². The summed E-state index contributed by atoms with van der Waals surface area (Å²) in [6.45, 7) is 3.83. The highest BCUT2D eigenvalue weighted by atomic mass is 35.5. The third-order valence-electron chi connectivity index (χ3n) is 3.05. The second-order valence-corrected chi connectivity index (χ2v) is 5.22. The molecular weight excluding hydrogens is 286 g/mol. The van der Waals surface area contributed by atoms with E-state index in [4.69, 9.17) is 17.3 Å². The highest BCUT2D eigenvalue weighted by Crippen LogP contribution is 2.30. The van der Waals surface area contributed by atoms with Crippen molar-refractivity contribution in [2.24, 2.45) is 0 Å². The van der Waals surface area contributed by atoms with Crippen LogP contribution in [-0.2, 0) is 0 Å². The second kappa shape index (κ2) is 5.18. The fraction of sp³-hybridized carbons (Fsp3) is 0.133. The van der Waals surface area contributed by atoms with E-state index in [1.807, 2.05) is 44.2 Å². The number of halogens is 1. The molecule has 106 valence electrons. The van der Waals surface area contributed by atoms with Crippen LogP contribution < -0.4 is 5.73 Å². The summed E-state index contributed by atoms with van der Waals surface area (Å²) in [7, 11) is 0. The van der Waals surface area contributed by atoms with Crippen molar-refractivity contribution < 1.29 is 0 Å². The van der Waals surface area contributed by atoms with Gasteiger partial charge in [-0.05, 0) is 26.0 Å². The molecule has 0 aliphatic heterocycles. The molecule has 3 rings (SSSR count). The van der Waals surface area contributed by atoms with Crippen molar-refractivity contribution in [3.05, 3.63) is 52.9 Å². The lowest BCUT2D eigenvalue weighted by molar-refractivity contribution is 0.796. The van der Waals surface area contributed by atoms with Crippen molar-refractivity contribution in [3.8, 4) is 17.2 Å². The van der Waals surface area contributed by atoms with Gasteiger partial charge in [-0.15, -0.1) is 0 Å². The molecule has 2 aromatic heterocycles. The van der Waals surface area contributed by atoms with Crippen LogP contribution in [0, 0.1) is 13.8 Å². The number of rotatable bonds is 2. The highest BCUT2D eigenvalue weighted by molar-refractivity contribution is 6.33. The number of nitrogen functional groups attached to an aromatic ring is 1. The number of hydrogen-bond donors (Lipinski definition) is 1. The first kappa shape index (κ1) is 13.6. The van der Waals surface area contributed by atoms with Crippen LogP contribution in [0.4, 0.5) is 5.69 Å². The van der Waals surface area contributed by atoms with E-state index in [1.165, 1.54) is 0 Å². The van der Waals surface area contributed by atoms with E-state index in [0.717, 1.165) is 17.0 Å². The number of nitrogens with zero attached hydrogens (tertiary/aromatic N) is 4. The maximum atomic E-state index is 6.20. The first-order valence-corrected chi connectivity index (χ1v) is 6.85. The van der Waals surface area contributed by atoms with Crippen LogP contribution in [0.15, 0.2) is 36.5 Å². The number of nitrogens with two attached hydrogens (primary N) is 1. The smallest absolute Gasteiger partial charge is 0.251 e. The number of aromatic nitrogens is 4. The standard InChI is InChI=1S/C15H14ClN5/c1-9-7-10(2)19-15(18-9)21-8-13(17)14(20-21)11-5-3-4-6-12(11)16/h3-8H,17H2,1-2H3. The van der Waals surface area contributed by atoms with Crippen molar-refractivity contribution in [1.29, 1.82) is 0 Å². The fourth-order valence-corrected chi connectivity index (χ4v) is 2.39. The van der Waals surface area contributed by atoms with Crippen LogP contribution in [0.5, 0.6) is 0 Å².